The van der Waals surface area contributed by atoms with Gasteiger partial charge in [0.05, 0.1) is 17.6 Å². The lowest BCUT2D eigenvalue weighted by Crippen LogP contribution is -2.14. The fraction of sp³-hybridized carbons (Fsp3) is 0.417. The molecule has 0 fully saturated rings. The highest BCUT2D eigenvalue weighted by molar-refractivity contribution is 7.99. The Hall–Kier alpha value is -1.76. The molecule has 6 nitrogen and oxygen atoms in total. The number of anilines is 1. The molecule has 0 bridgehead atoms. The van der Waals surface area contributed by atoms with Crippen LogP contribution in [0, 0.1) is 10.1 Å². The largest absolute Gasteiger partial charge is 0.465 e. The number of hydrogen-bond acceptors (Lipinski definition) is 6. The van der Waals surface area contributed by atoms with Gasteiger partial charge in [0.2, 0.25) is 0 Å². The van der Waals surface area contributed by atoms with E-state index < -0.39 is 10.9 Å². The smallest absolute Gasteiger partial charge is 0.337 e. The first-order valence-electron chi connectivity index (χ1n) is 5.63. The predicted octanol–water partition coefficient (Wildman–Crippen LogP) is 2.54. The van der Waals surface area contributed by atoms with Crippen LogP contribution in [-0.2, 0) is 4.74 Å². The summed E-state index contributed by atoms with van der Waals surface area (Å²) in [5, 5.41) is 14.2. The Morgan fingerprint density at radius 2 is 2.26 bits per heavy atom. The standard InChI is InChI=1S/C12H16N2O4S/c1-8(19-3)7-13-10-6-9(12(15)18-2)4-5-11(10)14(16)17/h4-6,8,13H,7H2,1-3H3. The molecule has 1 N–H and O–H groups in total. The van der Waals surface area contributed by atoms with Gasteiger partial charge in [-0.3, -0.25) is 10.1 Å². The number of nitro benzene ring substituents is 1. The zero-order valence-electron chi connectivity index (χ0n) is 11.0. The van der Waals surface area contributed by atoms with Gasteiger partial charge in [-0.1, -0.05) is 6.92 Å². The zero-order valence-corrected chi connectivity index (χ0v) is 11.8. The van der Waals surface area contributed by atoms with Crippen LogP contribution in [0.15, 0.2) is 18.2 Å². The van der Waals surface area contributed by atoms with Crippen LogP contribution in [0.1, 0.15) is 17.3 Å². The first-order chi connectivity index (χ1) is 8.99. The van der Waals surface area contributed by atoms with Crippen LogP contribution in [0.3, 0.4) is 0 Å². The Balaban J connectivity index is 3.01. The number of ether oxygens (including phenoxy) is 1. The number of nitro groups is 1. The monoisotopic (exact) mass is 284 g/mol. The van der Waals surface area contributed by atoms with Crippen LogP contribution >= 0.6 is 11.8 Å². The highest BCUT2D eigenvalue weighted by Gasteiger charge is 2.17. The number of carbonyl (C=O) groups is 1. The van der Waals surface area contributed by atoms with Gasteiger partial charge in [0.1, 0.15) is 5.69 Å². The van der Waals surface area contributed by atoms with Crippen molar-refractivity contribution in [3.8, 4) is 0 Å². The molecule has 1 aromatic carbocycles. The van der Waals surface area contributed by atoms with E-state index in [9.17, 15) is 14.9 Å². The second-order valence-corrected chi connectivity index (χ2v) is 5.18. The van der Waals surface area contributed by atoms with Gasteiger partial charge in [-0.15, -0.1) is 0 Å². The van der Waals surface area contributed by atoms with Gasteiger partial charge in [-0.05, 0) is 18.4 Å². The maximum atomic E-state index is 11.4. The van der Waals surface area contributed by atoms with E-state index in [1.54, 1.807) is 11.8 Å². The van der Waals surface area contributed by atoms with Crippen molar-refractivity contribution in [2.75, 3.05) is 25.2 Å². The molecule has 1 atom stereocenters. The van der Waals surface area contributed by atoms with E-state index in [4.69, 9.17) is 0 Å². The maximum absolute atomic E-state index is 11.4. The van der Waals surface area contributed by atoms with E-state index in [0.717, 1.165) is 0 Å². The molecular weight excluding hydrogens is 268 g/mol. The summed E-state index contributed by atoms with van der Waals surface area (Å²) >= 11 is 1.65. The van der Waals surface area contributed by atoms with Crippen molar-refractivity contribution in [2.45, 2.75) is 12.2 Å². The van der Waals surface area contributed by atoms with E-state index in [2.05, 4.69) is 10.1 Å². The normalized spacial score (nSPS) is 11.7. The Morgan fingerprint density at radius 3 is 2.79 bits per heavy atom. The van der Waals surface area contributed by atoms with Gasteiger partial charge in [-0.2, -0.15) is 11.8 Å². The van der Waals surface area contributed by atoms with Gasteiger partial charge < -0.3 is 10.1 Å². The van der Waals surface area contributed by atoms with Crippen LogP contribution in [0.4, 0.5) is 11.4 Å². The van der Waals surface area contributed by atoms with E-state index in [-0.39, 0.29) is 11.3 Å². The Kier molecular flexibility index (Phi) is 5.62. The fourth-order valence-electron chi connectivity index (χ4n) is 1.42. The molecule has 0 saturated carbocycles. The number of carbonyl (C=O) groups excluding carboxylic acids is 1. The predicted molar refractivity (Wildman–Crippen MR) is 75.9 cm³/mol. The van der Waals surface area contributed by atoms with Crippen LogP contribution in [0.2, 0.25) is 0 Å². The lowest BCUT2D eigenvalue weighted by molar-refractivity contribution is -0.384. The summed E-state index contributed by atoms with van der Waals surface area (Å²) < 4.78 is 4.60. The minimum Gasteiger partial charge on any atom is -0.465 e. The van der Waals surface area contributed by atoms with Crippen LogP contribution in [0.25, 0.3) is 0 Å². The van der Waals surface area contributed by atoms with E-state index >= 15 is 0 Å². The highest BCUT2D eigenvalue weighted by Crippen LogP contribution is 2.26. The molecule has 19 heavy (non-hydrogen) atoms. The highest BCUT2D eigenvalue weighted by atomic mass is 32.2. The molecule has 7 heteroatoms. The van der Waals surface area contributed by atoms with Crippen molar-refractivity contribution in [3.05, 3.63) is 33.9 Å². The number of nitrogens with zero attached hydrogens (tertiary/aromatic N) is 1. The van der Waals surface area contributed by atoms with Gasteiger partial charge in [0, 0.05) is 17.9 Å². The van der Waals surface area contributed by atoms with Gasteiger partial charge in [0.25, 0.3) is 5.69 Å². The molecule has 0 aromatic heterocycles. The SMILES string of the molecule is COC(=O)c1ccc([N+](=O)[O-])c(NCC(C)SC)c1. The van der Waals surface area contributed by atoms with Gasteiger partial charge >= 0.3 is 5.97 Å². The average Bonchev–Trinajstić information content (AvgIpc) is 2.43. The molecule has 1 aromatic rings. The van der Waals surface area contributed by atoms with Crippen molar-refractivity contribution in [3.63, 3.8) is 0 Å². The molecule has 0 aliphatic rings. The second kappa shape index (κ2) is 6.98. The zero-order chi connectivity index (χ0) is 14.4. The van der Waals surface area contributed by atoms with Crippen molar-refractivity contribution < 1.29 is 14.5 Å². The van der Waals surface area contributed by atoms with Crippen molar-refractivity contribution in [1.29, 1.82) is 0 Å². The number of esters is 1. The molecule has 0 aliphatic heterocycles. The molecule has 1 rings (SSSR count). The summed E-state index contributed by atoms with van der Waals surface area (Å²) in [6.45, 7) is 2.58. The summed E-state index contributed by atoms with van der Waals surface area (Å²) in [4.78, 5) is 21.9. The summed E-state index contributed by atoms with van der Waals surface area (Å²) in [5.74, 6) is -0.518. The van der Waals surface area contributed by atoms with E-state index in [1.807, 2.05) is 13.2 Å². The quantitative estimate of drug-likeness (QED) is 0.491. The number of rotatable bonds is 6. The minimum absolute atomic E-state index is 0.0547. The average molecular weight is 284 g/mol. The molecule has 0 amide bonds. The molecule has 0 heterocycles. The first-order valence-corrected chi connectivity index (χ1v) is 6.91. The number of hydrogen-bond donors (Lipinski definition) is 1. The molecule has 1 unspecified atom stereocenters. The van der Waals surface area contributed by atoms with Crippen molar-refractivity contribution in [2.24, 2.45) is 0 Å². The third-order valence-electron chi connectivity index (χ3n) is 2.60. The minimum atomic E-state index is -0.518. The second-order valence-electron chi connectivity index (χ2n) is 3.91. The third-order valence-corrected chi connectivity index (χ3v) is 3.57. The van der Waals surface area contributed by atoms with Crippen LogP contribution < -0.4 is 5.32 Å². The summed E-state index contributed by atoms with van der Waals surface area (Å²) in [6, 6.07) is 4.13. The number of nitrogens with one attached hydrogen (secondary N) is 1. The lowest BCUT2D eigenvalue weighted by atomic mass is 10.1. The Labute approximate surface area is 115 Å². The van der Waals surface area contributed by atoms with Crippen molar-refractivity contribution in [1.82, 2.24) is 0 Å². The van der Waals surface area contributed by atoms with Crippen LogP contribution in [0.5, 0.6) is 0 Å². The summed E-state index contributed by atoms with van der Waals surface area (Å²) in [6.07, 6.45) is 1.96. The molecule has 0 aliphatic carbocycles. The molecule has 0 saturated heterocycles. The topological polar surface area (TPSA) is 81.5 Å². The Morgan fingerprint density at radius 1 is 1.58 bits per heavy atom. The third kappa shape index (κ3) is 4.13. The van der Waals surface area contributed by atoms with E-state index in [0.29, 0.717) is 17.5 Å². The number of methoxy groups -OCH3 is 1. The lowest BCUT2D eigenvalue weighted by Gasteiger charge is -2.12. The van der Waals surface area contributed by atoms with Gasteiger partial charge in [-0.25, -0.2) is 4.79 Å². The Bertz CT molecular complexity index is 479. The molecule has 0 radical (unpaired) electrons. The number of thioether (sulfide) groups is 1. The molecule has 104 valence electrons. The molecule has 0 spiro atoms. The molecular formula is C12H16N2O4S. The summed E-state index contributed by atoms with van der Waals surface area (Å²) in [7, 11) is 1.27. The van der Waals surface area contributed by atoms with Crippen LogP contribution in [-0.4, -0.2) is 36.1 Å². The van der Waals surface area contributed by atoms with Gasteiger partial charge in [0.15, 0.2) is 0 Å². The summed E-state index contributed by atoms with van der Waals surface area (Å²) in [5.41, 5.74) is 0.558. The van der Waals surface area contributed by atoms with E-state index in [1.165, 1.54) is 25.3 Å². The first kappa shape index (κ1) is 15.3. The number of benzene rings is 1. The maximum Gasteiger partial charge on any atom is 0.337 e. The fourth-order valence-corrected chi connectivity index (χ4v) is 1.67. The van der Waals surface area contributed by atoms with Crippen molar-refractivity contribution >= 4 is 29.1 Å².